The predicted molar refractivity (Wildman–Crippen MR) is 72.8 cm³/mol. The van der Waals surface area contributed by atoms with Gasteiger partial charge in [-0.1, -0.05) is 6.07 Å². The quantitative estimate of drug-likeness (QED) is 0.752. The topological polar surface area (TPSA) is 75.4 Å². The Hall–Kier alpha value is -2.04. The molecule has 0 aromatic heterocycles. The van der Waals surface area contributed by atoms with Crippen molar-refractivity contribution in [2.45, 2.75) is 38.3 Å². The van der Waals surface area contributed by atoms with Crippen molar-refractivity contribution >= 4 is 23.2 Å². The van der Waals surface area contributed by atoms with Gasteiger partial charge in [-0.15, -0.1) is 0 Å². The van der Waals surface area contributed by atoms with Gasteiger partial charge in [0.05, 0.1) is 11.3 Å². The Balaban J connectivity index is 2.19. The molecule has 1 heterocycles. The molecule has 5 nitrogen and oxygen atoms in total. The Morgan fingerprint density at radius 2 is 2.00 bits per heavy atom. The molecule has 2 aliphatic rings. The summed E-state index contributed by atoms with van der Waals surface area (Å²) in [5, 5.41) is 2.82. The van der Waals surface area contributed by atoms with E-state index in [1.54, 1.807) is 36.9 Å². The van der Waals surface area contributed by atoms with Crippen LogP contribution in [0.3, 0.4) is 0 Å². The van der Waals surface area contributed by atoms with Gasteiger partial charge < -0.3 is 16.0 Å². The molecule has 1 fully saturated rings. The summed E-state index contributed by atoms with van der Waals surface area (Å²) < 4.78 is 0. The van der Waals surface area contributed by atoms with Gasteiger partial charge in [0, 0.05) is 11.7 Å². The molecule has 1 aliphatic heterocycles. The highest BCUT2D eigenvalue weighted by atomic mass is 16.2. The highest BCUT2D eigenvalue weighted by Crippen LogP contribution is 2.39. The second-order valence-corrected chi connectivity index (χ2v) is 5.69. The molecule has 0 saturated heterocycles. The van der Waals surface area contributed by atoms with Crippen molar-refractivity contribution in [1.29, 1.82) is 0 Å². The molecule has 1 aromatic rings. The lowest BCUT2D eigenvalue weighted by atomic mass is 10.0. The van der Waals surface area contributed by atoms with Crippen molar-refractivity contribution in [3.05, 3.63) is 23.8 Å². The lowest BCUT2D eigenvalue weighted by molar-refractivity contribution is -0.125. The largest absolute Gasteiger partial charge is 0.398 e. The molecular weight excluding hydrogens is 242 g/mol. The van der Waals surface area contributed by atoms with Gasteiger partial charge in [0.25, 0.3) is 5.91 Å². The van der Waals surface area contributed by atoms with E-state index in [2.05, 4.69) is 5.32 Å². The zero-order valence-electron chi connectivity index (χ0n) is 11.1. The van der Waals surface area contributed by atoms with Gasteiger partial charge in [-0.05, 0) is 38.8 Å². The van der Waals surface area contributed by atoms with E-state index in [0.29, 0.717) is 16.9 Å². The first kappa shape index (κ1) is 12.0. The number of nitrogens with one attached hydrogen (secondary N) is 1. The van der Waals surface area contributed by atoms with Crippen LogP contribution in [0.2, 0.25) is 0 Å². The first-order valence-corrected chi connectivity index (χ1v) is 6.46. The Morgan fingerprint density at radius 3 is 2.63 bits per heavy atom. The SMILES string of the molecule is CC1(C)C(=O)Nc2cccc(N)c2C(=O)N1C1CC1. The van der Waals surface area contributed by atoms with Crippen LogP contribution in [0.4, 0.5) is 11.4 Å². The number of carbonyl (C=O) groups is 2. The molecule has 3 N–H and O–H groups in total. The van der Waals surface area contributed by atoms with E-state index in [-0.39, 0.29) is 17.9 Å². The van der Waals surface area contributed by atoms with Crippen LogP contribution in [0.15, 0.2) is 18.2 Å². The van der Waals surface area contributed by atoms with Gasteiger partial charge in [0.15, 0.2) is 0 Å². The molecule has 0 radical (unpaired) electrons. The van der Waals surface area contributed by atoms with Crippen LogP contribution in [0.25, 0.3) is 0 Å². The van der Waals surface area contributed by atoms with Crippen LogP contribution in [0.1, 0.15) is 37.0 Å². The standard InChI is InChI=1S/C14H17N3O2/c1-14(2)13(19)16-10-5-3-4-9(15)11(10)12(18)17(14)8-6-7-8/h3-5,8H,6-7,15H2,1-2H3,(H,16,19). The van der Waals surface area contributed by atoms with Crippen LogP contribution in [-0.2, 0) is 4.79 Å². The fourth-order valence-electron chi connectivity index (χ4n) is 2.63. The number of fused-ring (bicyclic) bond motifs is 1. The van der Waals surface area contributed by atoms with Gasteiger partial charge in [-0.25, -0.2) is 0 Å². The molecule has 0 spiro atoms. The predicted octanol–water partition coefficient (Wildman–Crippen LogP) is 1.60. The van der Waals surface area contributed by atoms with E-state index < -0.39 is 5.54 Å². The number of rotatable bonds is 1. The number of nitrogen functional groups attached to an aromatic ring is 1. The number of hydrogen-bond acceptors (Lipinski definition) is 3. The highest BCUT2D eigenvalue weighted by molar-refractivity contribution is 6.14. The molecule has 0 bridgehead atoms. The van der Waals surface area contributed by atoms with Crippen LogP contribution in [0.5, 0.6) is 0 Å². The van der Waals surface area contributed by atoms with Gasteiger partial charge in [-0.3, -0.25) is 9.59 Å². The van der Waals surface area contributed by atoms with Crippen molar-refractivity contribution in [3.63, 3.8) is 0 Å². The first-order chi connectivity index (χ1) is 8.93. The molecule has 5 heteroatoms. The Kier molecular flexibility index (Phi) is 2.36. The zero-order valence-corrected chi connectivity index (χ0v) is 11.1. The maximum absolute atomic E-state index is 12.8. The number of nitrogens with two attached hydrogens (primary N) is 1. The van der Waals surface area contributed by atoms with Gasteiger partial charge in [0.1, 0.15) is 5.54 Å². The number of hydrogen-bond donors (Lipinski definition) is 2. The third-order valence-corrected chi connectivity index (χ3v) is 3.85. The van der Waals surface area contributed by atoms with Crippen LogP contribution >= 0.6 is 0 Å². The number of carbonyl (C=O) groups excluding carboxylic acids is 2. The molecule has 2 amide bonds. The van der Waals surface area contributed by atoms with E-state index in [1.165, 1.54) is 0 Å². The van der Waals surface area contributed by atoms with Crippen molar-refractivity contribution < 1.29 is 9.59 Å². The van der Waals surface area contributed by atoms with Crippen molar-refractivity contribution in [3.8, 4) is 0 Å². The fourth-order valence-corrected chi connectivity index (χ4v) is 2.63. The number of amides is 2. The highest BCUT2D eigenvalue weighted by Gasteiger charge is 2.48. The third-order valence-electron chi connectivity index (χ3n) is 3.85. The molecule has 1 saturated carbocycles. The van der Waals surface area contributed by atoms with Crippen LogP contribution in [-0.4, -0.2) is 28.3 Å². The molecule has 0 atom stereocenters. The Labute approximate surface area is 111 Å². The Morgan fingerprint density at radius 1 is 1.32 bits per heavy atom. The maximum Gasteiger partial charge on any atom is 0.259 e. The summed E-state index contributed by atoms with van der Waals surface area (Å²) in [7, 11) is 0. The normalized spacial score (nSPS) is 21.7. The molecule has 3 rings (SSSR count). The molecule has 1 aromatic carbocycles. The smallest absolute Gasteiger partial charge is 0.259 e. The molecule has 1 aliphatic carbocycles. The number of nitrogens with zero attached hydrogens (tertiary/aromatic N) is 1. The average Bonchev–Trinajstić information content (AvgIpc) is 3.12. The van der Waals surface area contributed by atoms with Crippen LogP contribution in [0, 0.1) is 0 Å². The van der Waals surface area contributed by atoms with E-state index in [4.69, 9.17) is 5.73 Å². The Bertz CT molecular complexity index is 576. The zero-order chi connectivity index (χ0) is 13.8. The minimum Gasteiger partial charge on any atom is -0.398 e. The number of anilines is 2. The first-order valence-electron chi connectivity index (χ1n) is 6.46. The number of benzene rings is 1. The molecule has 100 valence electrons. The average molecular weight is 259 g/mol. The van der Waals surface area contributed by atoms with Crippen LogP contribution < -0.4 is 11.1 Å². The van der Waals surface area contributed by atoms with E-state index in [0.717, 1.165) is 12.8 Å². The molecular formula is C14H17N3O2. The third kappa shape index (κ3) is 1.69. The minimum atomic E-state index is -0.857. The van der Waals surface area contributed by atoms with Crippen molar-refractivity contribution in [2.75, 3.05) is 11.1 Å². The molecule has 19 heavy (non-hydrogen) atoms. The lowest BCUT2D eigenvalue weighted by Crippen LogP contribution is -2.54. The lowest BCUT2D eigenvalue weighted by Gasteiger charge is -2.35. The van der Waals surface area contributed by atoms with Gasteiger partial charge >= 0.3 is 0 Å². The fraction of sp³-hybridized carbons (Fsp3) is 0.429. The summed E-state index contributed by atoms with van der Waals surface area (Å²) in [6, 6.07) is 5.29. The summed E-state index contributed by atoms with van der Waals surface area (Å²) in [5.74, 6) is -0.323. The van der Waals surface area contributed by atoms with Crippen molar-refractivity contribution in [1.82, 2.24) is 4.90 Å². The second kappa shape index (κ2) is 3.73. The summed E-state index contributed by atoms with van der Waals surface area (Å²) in [5.41, 5.74) is 6.39. The van der Waals surface area contributed by atoms with Gasteiger partial charge in [-0.2, -0.15) is 0 Å². The summed E-state index contributed by atoms with van der Waals surface area (Å²) in [6.45, 7) is 3.56. The van der Waals surface area contributed by atoms with E-state index >= 15 is 0 Å². The minimum absolute atomic E-state index is 0.152. The van der Waals surface area contributed by atoms with Gasteiger partial charge in [0.2, 0.25) is 5.91 Å². The second-order valence-electron chi connectivity index (χ2n) is 5.69. The van der Waals surface area contributed by atoms with E-state index in [1.807, 2.05) is 0 Å². The summed E-state index contributed by atoms with van der Waals surface area (Å²) in [6.07, 6.45) is 1.90. The monoisotopic (exact) mass is 259 g/mol. The van der Waals surface area contributed by atoms with Crippen molar-refractivity contribution in [2.24, 2.45) is 0 Å². The summed E-state index contributed by atoms with van der Waals surface area (Å²) in [4.78, 5) is 26.8. The molecule has 0 unspecified atom stereocenters. The maximum atomic E-state index is 12.8. The summed E-state index contributed by atoms with van der Waals surface area (Å²) >= 11 is 0. The van der Waals surface area contributed by atoms with E-state index in [9.17, 15) is 9.59 Å².